The van der Waals surface area contributed by atoms with Crippen molar-refractivity contribution in [3.8, 4) is 0 Å². The first kappa shape index (κ1) is 18.2. The van der Waals surface area contributed by atoms with E-state index in [4.69, 9.17) is 5.11 Å². The molecule has 1 rings (SSSR count). The highest BCUT2D eigenvalue weighted by Crippen LogP contribution is 2.10. The quantitative estimate of drug-likeness (QED) is 0.634. The summed E-state index contributed by atoms with van der Waals surface area (Å²) in [6.07, 6.45) is 2.01. The van der Waals surface area contributed by atoms with E-state index in [9.17, 15) is 4.79 Å². The van der Waals surface area contributed by atoms with E-state index in [0.29, 0.717) is 0 Å². The number of likely N-dealkylation sites (N-methyl/N-ethyl adjacent to an activating group) is 1. The number of amides is 2. The second kappa shape index (κ2) is 9.23. The zero-order chi connectivity index (χ0) is 15.8. The summed E-state index contributed by atoms with van der Waals surface area (Å²) in [4.78, 5) is 16.6. The molecule has 0 aromatic heterocycles. The fourth-order valence-corrected chi connectivity index (χ4v) is 2.38. The number of aliphatic hydroxyl groups is 1. The summed E-state index contributed by atoms with van der Waals surface area (Å²) in [7, 11) is 4.18. The molecule has 1 heterocycles. The molecule has 21 heavy (non-hydrogen) atoms. The average molecular weight is 300 g/mol. The summed E-state index contributed by atoms with van der Waals surface area (Å²) >= 11 is 0. The Morgan fingerprint density at radius 2 is 1.95 bits per heavy atom. The minimum Gasteiger partial charge on any atom is -0.396 e. The first-order valence-corrected chi connectivity index (χ1v) is 7.97. The van der Waals surface area contributed by atoms with Gasteiger partial charge in [0.25, 0.3) is 0 Å². The molecule has 0 radical (unpaired) electrons. The van der Waals surface area contributed by atoms with E-state index in [-0.39, 0.29) is 30.6 Å². The predicted molar refractivity (Wildman–Crippen MR) is 85.4 cm³/mol. The molecule has 0 aliphatic carbocycles. The van der Waals surface area contributed by atoms with Crippen molar-refractivity contribution in [1.82, 2.24) is 20.4 Å². The van der Waals surface area contributed by atoms with Gasteiger partial charge in [0.1, 0.15) is 0 Å². The molecular weight excluding hydrogens is 268 g/mol. The Morgan fingerprint density at radius 1 is 1.33 bits per heavy atom. The number of rotatable bonds is 7. The lowest BCUT2D eigenvalue weighted by Crippen LogP contribution is -2.51. The zero-order valence-corrected chi connectivity index (χ0v) is 13.9. The first-order valence-electron chi connectivity index (χ1n) is 7.97. The van der Waals surface area contributed by atoms with E-state index < -0.39 is 0 Å². The van der Waals surface area contributed by atoms with Gasteiger partial charge in [0.2, 0.25) is 0 Å². The van der Waals surface area contributed by atoms with Crippen LogP contribution in [0, 0.1) is 5.92 Å². The molecule has 0 bridgehead atoms. The molecule has 0 saturated carbocycles. The number of carbonyl (C=O) groups is 1. The molecule has 1 aliphatic rings. The van der Waals surface area contributed by atoms with Gasteiger partial charge in [-0.1, -0.05) is 6.92 Å². The molecule has 0 spiro atoms. The topological polar surface area (TPSA) is 67.8 Å². The minimum atomic E-state index is -0.116. The molecule has 3 N–H and O–H groups in total. The van der Waals surface area contributed by atoms with E-state index in [1.165, 1.54) is 0 Å². The highest BCUT2D eigenvalue weighted by Gasteiger charge is 2.21. The molecule has 1 fully saturated rings. The fraction of sp³-hybridized carbons (Fsp3) is 0.933. The summed E-state index contributed by atoms with van der Waals surface area (Å²) in [6, 6.07) is 0.127. The van der Waals surface area contributed by atoms with E-state index >= 15 is 0 Å². The number of likely N-dealkylation sites (tertiary alicyclic amines) is 1. The van der Waals surface area contributed by atoms with Crippen LogP contribution in [0.1, 0.15) is 26.7 Å². The van der Waals surface area contributed by atoms with Gasteiger partial charge in [0.15, 0.2) is 0 Å². The third kappa shape index (κ3) is 7.11. The van der Waals surface area contributed by atoms with Crippen molar-refractivity contribution >= 4 is 6.03 Å². The number of urea groups is 1. The molecule has 2 atom stereocenters. The van der Waals surface area contributed by atoms with Gasteiger partial charge in [0, 0.05) is 44.9 Å². The van der Waals surface area contributed by atoms with Crippen LogP contribution < -0.4 is 10.6 Å². The molecule has 0 aromatic carbocycles. The molecule has 6 heteroatoms. The van der Waals surface area contributed by atoms with Crippen LogP contribution in [-0.4, -0.2) is 79.9 Å². The van der Waals surface area contributed by atoms with Crippen LogP contribution in [-0.2, 0) is 0 Å². The van der Waals surface area contributed by atoms with Crippen molar-refractivity contribution < 1.29 is 9.90 Å². The maximum atomic E-state index is 11.9. The molecule has 2 amide bonds. The number of hydrogen-bond acceptors (Lipinski definition) is 4. The second-order valence-corrected chi connectivity index (χ2v) is 6.49. The standard InChI is InChI=1S/C15H32N4O2/c1-12(11-20)13(2)16-15(21)17-14-5-7-19(8-6-14)10-9-18(3)4/h12-14,20H,5-11H2,1-4H3,(H2,16,17,21). The van der Waals surface area contributed by atoms with Gasteiger partial charge in [0.05, 0.1) is 0 Å². The van der Waals surface area contributed by atoms with Crippen LogP contribution in [0.25, 0.3) is 0 Å². The Kier molecular flexibility index (Phi) is 8.00. The number of aliphatic hydroxyl groups excluding tert-OH is 1. The third-order valence-corrected chi connectivity index (χ3v) is 4.29. The van der Waals surface area contributed by atoms with Gasteiger partial charge in [-0.25, -0.2) is 4.79 Å². The van der Waals surface area contributed by atoms with E-state index in [1.807, 2.05) is 13.8 Å². The van der Waals surface area contributed by atoms with E-state index in [1.54, 1.807) is 0 Å². The molecule has 1 saturated heterocycles. The normalized spacial score (nSPS) is 20.3. The third-order valence-electron chi connectivity index (χ3n) is 4.29. The summed E-state index contributed by atoms with van der Waals surface area (Å²) < 4.78 is 0. The van der Waals surface area contributed by atoms with Gasteiger partial charge in [-0.05, 0) is 39.8 Å². The lowest BCUT2D eigenvalue weighted by atomic mass is 10.0. The van der Waals surface area contributed by atoms with Crippen molar-refractivity contribution in [2.45, 2.75) is 38.8 Å². The van der Waals surface area contributed by atoms with Gasteiger partial charge in [-0.3, -0.25) is 0 Å². The summed E-state index contributed by atoms with van der Waals surface area (Å²) in [5.41, 5.74) is 0. The zero-order valence-electron chi connectivity index (χ0n) is 13.9. The first-order chi connectivity index (χ1) is 9.92. The average Bonchev–Trinajstić information content (AvgIpc) is 2.45. The van der Waals surface area contributed by atoms with Crippen LogP contribution in [0.5, 0.6) is 0 Å². The Bertz CT molecular complexity index is 304. The Labute approximate surface area is 128 Å². The van der Waals surface area contributed by atoms with Crippen LogP contribution in [0.4, 0.5) is 4.79 Å². The van der Waals surface area contributed by atoms with Gasteiger partial charge < -0.3 is 25.5 Å². The maximum absolute atomic E-state index is 11.9. The number of nitrogens with one attached hydrogen (secondary N) is 2. The van der Waals surface area contributed by atoms with E-state index in [0.717, 1.165) is 39.0 Å². The number of hydrogen-bond donors (Lipinski definition) is 3. The Hall–Kier alpha value is -0.850. The van der Waals surface area contributed by atoms with Crippen LogP contribution in [0.2, 0.25) is 0 Å². The maximum Gasteiger partial charge on any atom is 0.315 e. The highest BCUT2D eigenvalue weighted by atomic mass is 16.3. The molecule has 2 unspecified atom stereocenters. The van der Waals surface area contributed by atoms with Crippen molar-refractivity contribution in [1.29, 1.82) is 0 Å². The highest BCUT2D eigenvalue weighted by molar-refractivity contribution is 5.74. The minimum absolute atomic E-state index is 0.0184. The lowest BCUT2D eigenvalue weighted by molar-refractivity contribution is 0.175. The number of nitrogens with zero attached hydrogens (tertiary/aromatic N) is 2. The Morgan fingerprint density at radius 3 is 2.48 bits per heavy atom. The monoisotopic (exact) mass is 300 g/mol. The van der Waals surface area contributed by atoms with Crippen molar-refractivity contribution in [3.63, 3.8) is 0 Å². The summed E-state index contributed by atoms with van der Waals surface area (Å²) in [6.45, 7) is 8.19. The molecule has 124 valence electrons. The van der Waals surface area contributed by atoms with E-state index in [2.05, 4.69) is 34.5 Å². The summed E-state index contributed by atoms with van der Waals surface area (Å²) in [5.74, 6) is 0.0728. The summed E-state index contributed by atoms with van der Waals surface area (Å²) in [5, 5.41) is 15.0. The van der Waals surface area contributed by atoms with Crippen molar-refractivity contribution in [2.75, 3.05) is 46.9 Å². The largest absolute Gasteiger partial charge is 0.396 e. The van der Waals surface area contributed by atoms with Crippen LogP contribution in [0.3, 0.4) is 0 Å². The lowest BCUT2D eigenvalue weighted by Gasteiger charge is -2.33. The number of piperidine rings is 1. The molecular formula is C15H32N4O2. The molecule has 0 aromatic rings. The SMILES string of the molecule is CC(CO)C(C)NC(=O)NC1CCN(CCN(C)C)CC1. The van der Waals surface area contributed by atoms with Gasteiger partial charge in [-0.2, -0.15) is 0 Å². The molecule has 1 aliphatic heterocycles. The molecule has 6 nitrogen and oxygen atoms in total. The van der Waals surface area contributed by atoms with Crippen LogP contribution >= 0.6 is 0 Å². The smallest absolute Gasteiger partial charge is 0.315 e. The fourth-order valence-electron chi connectivity index (χ4n) is 2.38. The van der Waals surface area contributed by atoms with Gasteiger partial charge in [-0.15, -0.1) is 0 Å². The van der Waals surface area contributed by atoms with Crippen molar-refractivity contribution in [2.24, 2.45) is 5.92 Å². The van der Waals surface area contributed by atoms with Gasteiger partial charge >= 0.3 is 6.03 Å². The Balaban J connectivity index is 2.21. The van der Waals surface area contributed by atoms with Crippen LogP contribution in [0.15, 0.2) is 0 Å². The van der Waals surface area contributed by atoms with Crippen molar-refractivity contribution in [3.05, 3.63) is 0 Å². The number of carbonyl (C=O) groups excluding carboxylic acids is 1. The second-order valence-electron chi connectivity index (χ2n) is 6.49. The predicted octanol–water partition coefficient (Wildman–Crippen LogP) is 0.329.